The molecular weight excluding hydrogens is 336 g/mol. The Bertz CT molecular complexity index is 973. The Morgan fingerprint density at radius 2 is 2.15 bits per heavy atom. The van der Waals surface area contributed by atoms with Gasteiger partial charge >= 0.3 is 5.97 Å². The zero-order valence-corrected chi connectivity index (χ0v) is 13.9. The van der Waals surface area contributed by atoms with Crippen LogP contribution in [0.1, 0.15) is 53.1 Å². The molecule has 0 unspecified atom stereocenters. The molecular formula is C18H16N4O4. The van der Waals surface area contributed by atoms with Crippen LogP contribution in [0.25, 0.3) is 5.69 Å². The van der Waals surface area contributed by atoms with E-state index in [1.807, 2.05) is 28.8 Å². The Kier molecular flexibility index (Phi) is 3.48. The van der Waals surface area contributed by atoms with E-state index in [2.05, 4.69) is 15.2 Å². The summed E-state index contributed by atoms with van der Waals surface area (Å²) in [5, 5.41) is 7.97. The van der Waals surface area contributed by atoms with Crippen LogP contribution in [0.5, 0.6) is 5.75 Å². The number of benzene rings is 1. The van der Waals surface area contributed by atoms with Gasteiger partial charge in [0.05, 0.1) is 11.4 Å². The third-order valence-corrected chi connectivity index (χ3v) is 4.81. The lowest BCUT2D eigenvalue weighted by Gasteiger charge is -2.20. The number of ether oxygens (including phenoxy) is 2. The van der Waals surface area contributed by atoms with Crippen molar-refractivity contribution in [3.8, 4) is 11.4 Å². The molecule has 0 saturated heterocycles. The minimum atomic E-state index is -0.537. The van der Waals surface area contributed by atoms with E-state index in [-0.39, 0.29) is 18.9 Å². The number of carbonyl (C=O) groups is 1. The van der Waals surface area contributed by atoms with Crippen molar-refractivity contribution in [3.63, 3.8) is 0 Å². The van der Waals surface area contributed by atoms with Gasteiger partial charge in [-0.3, -0.25) is 4.57 Å². The van der Waals surface area contributed by atoms with Gasteiger partial charge in [-0.25, -0.2) is 9.78 Å². The van der Waals surface area contributed by atoms with E-state index in [4.69, 9.17) is 13.9 Å². The molecule has 3 heterocycles. The lowest BCUT2D eigenvalue weighted by molar-refractivity contribution is 0.0425. The maximum absolute atomic E-state index is 12.4. The first kappa shape index (κ1) is 15.1. The van der Waals surface area contributed by atoms with E-state index in [0.29, 0.717) is 23.4 Å². The molecule has 0 radical (unpaired) electrons. The molecule has 0 atom stereocenters. The van der Waals surface area contributed by atoms with Crippen LogP contribution in [-0.2, 0) is 18.0 Å². The van der Waals surface area contributed by atoms with Gasteiger partial charge in [-0.2, -0.15) is 0 Å². The summed E-state index contributed by atoms with van der Waals surface area (Å²) in [7, 11) is 0. The van der Waals surface area contributed by atoms with Crippen LogP contribution in [0.3, 0.4) is 0 Å². The van der Waals surface area contributed by atoms with Crippen LogP contribution in [0.2, 0.25) is 0 Å². The van der Waals surface area contributed by atoms with E-state index >= 15 is 0 Å². The number of hydrogen-bond donors (Lipinski definition) is 0. The van der Waals surface area contributed by atoms with E-state index in [9.17, 15) is 4.79 Å². The molecule has 1 aliphatic heterocycles. The lowest BCUT2D eigenvalue weighted by atomic mass is 9.85. The minimum Gasteiger partial charge on any atom is -0.485 e. The molecule has 8 heteroatoms. The van der Waals surface area contributed by atoms with Crippen molar-refractivity contribution < 1.29 is 18.7 Å². The monoisotopic (exact) mass is 352 g/mol. The van der Waals surface area contributed by atoms with Crippen LogP contribution in [0.15, 0.2) is 35.0 Å². The van der Waals surface area contributed by atoms with Gasteiger partial charge in [0.15, 0.2) is 12.3 Å². The average Bonchev–Trinajstić information content (AvgIpc) is 3.25. The Labute approximate surface area is 148 Å². The quantitative estimate of drug-likeness (QED) is 0.667. The highest BCUT2D eigenvalue weighted by atomic mass is 16.5. The van der Waals surface area contributed by atoms with E-state index in [1.165, 1.54) is 6.42 Å². The lowest BCUT2D eigenvalue weighted by Crippen LogP contribution is -2.16. The number of para-hydroxylation sites is 2. The van der Waals surface area contributed by atoms with Gasteiger partial charge in [-0.15, -0.1) is 10.2 Å². The standard InChI is InChI=1S/C18H16N4O4/c23-18(25-9-15-20-21-17(26-15)11-4-3-5-11)16-13-8-24-14-7-2-1-6-12(14)22(13)10-19-16/h1-2,6-7,10-11H,3-5,8-9H2. The molecule has 2 aromatic heterocycles. The molecule has 5 rings (SSSR count). The maximum Gasteiger partial charge on any atom is 0.359 e. The van der Waals surface area contributed by atoms with Crippen molar-refractivity contribution in [3.05, 3.63) is 53.8 Å². The predicted molar refractivity (Wildman–Crippen MR) is 87.9 cm³/mol. The highest BCUT2D eigenvalue weighted by Crippen LogP contribution is 2.35. The molecule has 1 aromatic carbocycles. The van der Waals surface area contributed by atoms with Gasteiger partial charge in [-0.05, 0) is 25.0 Å². The average molecular weight is 352 g/mol. The molecule has 1 aliphatic carbocycles. The number of nitrogens with zero attached hydrogens (tertiary/aromatic N) is 4. The number of rotatable bonds is 4. The molecule has 1 fully saturated rings. The zero-order chi connectivity index (χ0) is 17.5. The van der Waals surface area contributed by atoms with Crippen LogP contribution < -0.4 is 4.74 Å². The number of carbonyl (C=O) groups excluding carboxylic acids is 1. The summed E-state index contributed by atoms with van der Waals surface area (Å²) in [5.41, 5.74) is 1.75. The second kappa shape index (κ2) is 5.98. The summed E-state index contributed by atoms with van der Waals surface area (Å²) in [6.07, 6.45) is 4.94. The minimum absolute atomic E-state index is 0.0672. The molecule has 26 heavy (non-hydrogen) atoms. The summed E-state index contributed by atoms with van der Waals surface area (Å²) in [4.78, 5) is 16.6. The summed E-state index contributed by atoms with van der Waals surface area (Å²) in [6, 6.07) is 7.60. The first-order chi connectivity index (χ1) is 12.8. The van der Waals surface area contributed by atoms with Gasteiger partial charge in [0.25, 0.3) is 5.89 Å². The predicted octanol–water partition coefficient (Wildman–Crippen LogP) is 2.77. The molecule has 132 valence electrons. The van der Waals surface area contributed by atoms with Gasteiger partial charge < -0.3 is 13.9 Å². The number of esters is 1. The summed E-state index contributed by atoms with van der Waals surface area (Å²) in [6.45, 7) is 0.191. The summed E-state index contributed by atoms with van der Waals surface area (Å²) < 4.78 is 18.4. The Balaban J connectivity index is 1.31. The zero-order valence-electron chi connectivity index (χ0n) is 13.9. The van der Waals surface area contributed by atoms with Crippen molar-refractivity contribution in [2.24, 2.45) is 0 Å². The van der Waals surface area contributed by atoms with Gasteiger partial charge in [0, 0.05) is 5.92 Å². The fourth-order valence-corrected chi connectivity index (χ4v) is 3.15. The van der Waals surface area contributed by atoms with Crippen molar-refractivity contribution in [1.82, 2.24) is 19.7 Å². The molecule has 1 saturated carbocycles. The van der Waals surface area contributed by atoms with E-state index in [0.717, 1.165) is 24.3 Å². The normalized spacial score (nSPS) is 15.5. The molecule has 0 amide bonds. The van der Waals surface area contributed by atoms with Crippen LogP contribution in [0.4, 0.5) is 0 Å². The van der Waals surface area contributed by atoms with Crippen LogP contribution in [-0.4, -0.2) is 25.7 Å². The third-order valence-electron chi connectivity index (χ3n) is 4.81. The van der Waals surface area contributed by atoms with Crippen molar-refractivity contribution in [2.75, 3.05) is 0 Å². The molecule has 2 aliphatic rings. The van der Waals surface area contributed by atoms with Crippen molar-refractivity contribution >= 4 is 5.97 Å². The molecule has 0 N–H and O–H groups in total. The Morgan fingerprint density at radius 3 is 3.00 bits per heavy atom. The summed E-state index contributed by atoms with van der Waals surface area (Å²) in [5.74, 6) is 1.50. The largest absolute Gasteiger partial charge is 0.485 e. The number of fused-ring (bicyclic) bond motifs is 3. The first-order valence-corrected chi connectivity index (χ1v) is 8.57. The fraction of sp³-hybridized carbons (Fsp3) is 0.333. The van der Waals surface area contributed by atoms with Crippen molar-refractivity contribution in [2.45, 2.75) is 38.4 Å². The number of aromatic nitrogens is 4. The maximum atomic E-state index is 12.4. The molecule has 3 aromatic rings. The van der Waals surface area contributed by atoms with Crippen molar-refractivity contribution in [1.29, 1.82) is 0 Å². The van der Waals surface area contributed by atoms with E-state index < -0.39 is 5.97 Å². The second-order valence-electron chi connectivity index (χ2n) is 6.40. The molecule has 0 spiro atoms. The SMILES string of the molecule is O=C(OCc1nnc(C2CCC2)o1)c1ncn2c1COc1ccccc1-2. The van der Waals surface area contributed by atoms with Gasteiger partial charge in [0.1, 0.15) is 18.7 Å². The van der Waals surface area contributed by atoms with Gasteiger partial charge in [0.2, 0.25) is 5.89 Å². The Morgan fingerprint density at radius 1 is 1.27 bits per heavy atom. The number of imidazole rings is 1. The highest BCUT2D eigenvalue weighted by molar-refractivity contribution is 5.88. The van der Waals surface area contributed by atoms with Gasteiger partial charge in [-0.1, -0.05) is 18.6 Å². The Hall–Kier alpha value is -3.16. The molecule has 8 nitrogen and oxygen atoms in total. The second-order valence-corrected chi connectivity index (χ2v) is 6.40. The topological polar surface area (TPSA) is 92.3 Å². The van der Waals surface area contributed by atoms with Crippen LogP contribution in [0, 0.1) is 0 Å². The van der Waals surface area contributed by atoms with Crippen LogP contribution >= 0.6 is 0 Å². The summed E-state index contributed by atoms with van der Waals surface area (Å²) >= 11 is 0. The number of hydrogen-bond acceptors (Lipinski definition) is 7. The first-order valence-electron chi connectivity index (χ1n) is 8.57. The fourth-order valence-electron chi connectivity index (χ4n) is 3.15. The van der Waals surface area contributed by atoms with E-state index in [1.54, 1.807) is 6.33 Å². The highest BCUT2D eigenvalue weighted by Gasteiger charge is 2.27. The smallest absolute Gasteiger partial charge is 0.359 e. The molecule has 0 bridgehead atoms. The third kappa shape index (κ3) is 2.45.